The Morgan fingerprint density at radius 2 is 2.50 bits per heavy atom. The van der Waals surface area contributed by atoms with Crippen molar-refractivity contribution in [3.8, 4) is 0 Å². The van der Waals surface area contributed by atoms with Crippen molar-refractivity contribution < 1.29 is 9.90 Å². The van der Waals surface area contributed by atoms with Crippen LogP contribution in [-0.4, -0.2) is 36.7 Å². The van der Waals surface area contributed by atoms with Crippen LogP contribution in [0.25, 0.3) is 0 Å². The van der Waals surface area contributed by atoms with Crippen LogP contribution in [0.15, 0.2) is 5.38 Å². The summed E-state index contributed by atoms with van der Waals surface area (Å²) >= 11 is 1.43. The first kappa shape index (κ1) is 12.4. The number of rotatable bonds is 6. The molecule has 0 saturated heterocycles. The molecule has 0 aliphatic carbocycles. The minimum atomic E-state index is -0.822. The van der Waals surface area contributed by atoms with E-state index >= 15 is 0 Å². The molecule has 9 heteroatoms. The Labute approximate surface area is 106 Å². The average molecular weight is 268 g/mol. The molecule has 0 amide bonds. The molecule has 3 N–H and O–H groups in total. The first-order chi connectivity index (χ1) is 8.65. The van der Waals surface area contributed by atoms with Gasteiger partial charge in [0.15, 0.2) is 11.0 Å². The van der Waals surface area contributed by atoms with Gasteiger partial charge < -0.3 is 10.4 Å². The van der Waals surface area contributed by atoms with Gasteiger partial charge in [0, 0.05) is 11.8 Å². The highest BCUT2D eigenvalue weighted by molar-refractivity contribution is 7.13. The lowest BCUT2D eigenvalue weighted by Crippen LogP contribution is -2.08. The summed E-state index contributed by atoms with van der Waals surface area (Å²) in [4.78, 5) is 14.7. The number of tetrazole rings is 1. The molecule has 2 aromatic heterocycles. The second-order valence-electron chi connectivity index (χ2n) is 3.67. The molecule has 2 rings (SSSR count). The smallest absolute Gasteiger partial charge is 0.303 e. The zero-order chi connectivity index (χ0) is 13.0. The van der Waals surface area contributed by atoms with Crippen LogP contribution in [0.5, 0.6) is 0 Å². The molecule has 0 aliphatic heterocycles. The molecule has 8 nitrogen and oxygen atoms in total. The van der Waals surface area contributed by atoms with Gasteiger partial charge in [-0.05, 0) is 6.92 Å². The van der Waals surface area contributed by atoms with E-state index in [0.717, 1.165) is 5.69 Å². The molecular formula is C9H12N6O2S. The fraction of sp³-hybridized carbons (Fsp3) is 0.444. The second-order valence-corrected chi connectivity index (χ2v) is 4.53. The predicted octanol–water partition coefficient (Wildman–Crippen LogP) is 0.846. The van der Waals surface area contributed by atoms with Crippen molar-refractivity contribution in [2.75, 3.05) is 5.32 Å². The molecule has 0 aliphatic rings. The van der Waals surface area contributed by atoms with E-state index in [0.29, 0.717) is 17.4 Å². The van der Waals surface area contributed by atoms with Gasteiger partial charge in [-0.2, -0.15) is 5.21 Å². The lowest BCUT2D eigenvalue weighted by molar-refractivity contribution is -0.136. The molecule has 0 bridgehead atoms. The van der Waals surface area contributed by atoms with Gasteiger partial charge >= 0.3 is 5.97 Å². The number of nitrogens with zero attached hydrogens (tertiary/aromatic N) is 4. The van der Waals surface area contributed by atoms with Crippen molar-refractivity contribution in [1.29, 1.82) is 0 Å². The van der Waals surface area contributed by atoms with Gasteiger partial charge in [0.25, 0.3) is 0 Å². The third-order valence-electron chi connectivity index (χ3n) is 2.24. The Bertz CT molecular complexity index is 511. The zero-order valence-corrected chi connectivity index (χ0v) is 10.4. The number of anilines is 1. The third-order valence-corrected chi connectivity index (χ3v) is 3.06. The Morgan fingerprint density at radius 3 is 3.17 bits per heavy atom. The SMILES string of the molecule is CC(Nc1nc(CCC(=O)O)cs1)c1nn[nH]n1. The van der Waals surface area contributed by atoms with E-state index in [-0.39, 0.29) is 12.5 Å². The van der Waals surface area contributed by atoms with Crippen molar-refractivity contribution in [2.24, 2.45) is 0 Å². The topological polar surface area (TPSA) is 117 Å². The number of hydrogen-bond donors (Lipinski definition) is 3. The molecule has 2 heterocycles. The minimum absolute atomic E-state index is 0.0869. The van der Waals surface area contributed by atoms with E-state index in [1.54, 1.807) is 0 Å². The number of hydrogen-bond acceptors (Lipinski definition) is 7. The van der Waals surface area contributed by atoms with E-state index < -0.39 is 5.97 Å². The lowest BCUT2D eigenvalue weighted by atomic mass is 10.2. The quantitative estimate of drug-likeness (QED) is 0.710. The van der Waals surface area contributed by atoms with Crippen LogP contribution in [0, 0.1) is 0 Å². The predicted molar refractivity (Wildman–Crippen MR) is 64.3 cm³/mol. The van der Waals surface area contributed by atoms with E-state index in [9.17, 15) is 4.79 Å². The molecule has 0 spiro atoms. The summed E-state index contributed by atoms with van der Waals surface area (Å²) in [5, 5.41) is 27.9. The fourth-order valence-corrected chi connectivity index (χ4v) is 2.16. The number of carboxylic acid groups (broad SMARTS) is 1. The molecule has 1 atom stereocenters. The molecular weight excluding hydrogens is 256 g/mol. The number of nitrogens with one attached hydrogen (secondary N) is 2. The number of carbonyl (C=O) groups is 1. The van der Waals surface area contributed by atoms with E-state index in [1.165, 1.54) is 11.3 Å². The number of aryl methyl sites for hydroxylation is 1. The van der Waals surface area contributed by atoms with E-state index in [1.807, 2.05) is 12.3 Å². The average Bonchev–Trinajstić information content (AvgIpc) is 2.97. The van der Waals surface area contributed by atoms with Gasteiger partial charge in [-0.3, -0.25) is 4.79 Å². The number of aliphatic carboxylic acids is 1. The largest absolute Gasteiger partial charge is 0.481 e. The highest BCUT2D eigenvalue weighted by Gasteiger charge is 2.12. The van der Waals surface area contributed by atoms with Gasteiger partial charge in [0.2, 0.25) is 0 Å². The van der Waals surface area contributed by atoms with Crippen molar-refractivity contribution in [3.63, 3.8) is 0 Å². The fourth-order valence-electron chi connectivity index (χ4n) is 1.33. The Kier molecular flexibility index (Phi) is 3.82. The minimum Gasteiger partial charge on any atom is -0.481 e. The number of carboxylic acids is 1. The summed E-state index contributed by atoms with van der Waals surface area (Å²) in [6.07, 6.45) is 0.522. The maximum absolute atomic E-state index is 10.4. The summed E-state index contributed by atoms with van der Waals surface area (Å²) in [5.74, 6) is -0.269. The van der Waals surface area contributed by atoms with Gasteiger partial charge in [0.05, 0.1) is 18.2 Å². The summed E-state index contributed by atoms with van der Waals surface area (Å²) in [6.45, 7) is 1.89. The summed E-state index contributed by atoms with van der Waals surface area (Å²) < 4.78 is 0. The van der Waals surface area contributed by atoms with Gasteiger partial charge in [0.1, 0.15) is 0 Å². The van der Waals surface area contributed by atoms with Crippen LogP contribution in [0.4, 0.5) is 5.13 Å². The van der Waals surface area contributed by atoms with E-state index in [2.05, 4.69) is 30.9 Å². The Balaban J connectivity index is 1.92. The van der Waals surface area contributed by atoms with Crippen molar-refractivity contribution >= 4 is 22.4 Å². The maximum atomic E-state index is 10.4. The van der Waals surface area contributed by atoms with Gasteiger partial charge in [-0.1, -0.05) is 5.21 Å². The number of aromatic amines is 1. The van der Waals surface area contributed by atoms with Crippen LogP contribution in [-0.2, 0) is 11.2 Å². The Hall–Kier alpha value is -2.03. The first-order valence-electron chi connectivity index (χ1n) is 5.31. The summed E-state index contributed by atoms with van der Waals surface area (Å²) in [6, 6.07) is -0.109. The zero-order valence-electron chi connectivity index (χ0n) is 9.62. The third kappa shape index (κ3) is 3.23. The van der Waals surface area contributed by atoms with Gasteiger partial charge in [-0.15, -0.1) is 21.5 Å². The molecule has 0 aromatic carbocycles. The second kappa shape index (κ2) is 5.54. The van der Waals surface area contributed by atoms with E-state index in [4.69, 9.17) is 5.11 Å². The normalized spacial score (nSPS) is 12.3. The molecule has 0 saturated carbocycles. The molecule has 2 aromatic rings. The number of thiazole rings is 1. The van der Waals surface area contributed by atoms with Crippen LogP contribution >= 0.6 is 11.3 Å². The first-order valence-corrected chi connectivity index (χ1v) is 6.19. The summed E-state index contributed by atoms with van der Waals surface area (Å²) in [7, 11) is 0. The van der Waals surface area contributed by atoms with Gasteiger partial charge in [-0.25, -0.2) is 4.98 Å². The molecule has 18 heavy (non-hydrogen) atoms. The molecule has 96 valence electrons. The number of aromatic nitrogens is 5. The van der Waals surface area contributed by atoms with Crippen molar-refractivity contribution in [2.45, 2.75) is 25.8 Å². The van der Waals surface area contributed by atoms with Crippen LogP contribution in [0.3, 0.4) is 0 Å². The van der Waals surface area contributed by atoms with Crippen molar-refractivity contribution in [1.82, 2.24) is 25.6 Å². The van der Waals surface area contributed by atoms with Crippen LogP contribution in [0.1, 0.15) is 30.9 Å². The standard InChI is InChI=1S/C9H12N6O2S/c1-5(8-12-14-15-13-8)10-9-11-6(4-18-9)2-3-7(16)17/h4-5H,2-3H2,1H3,(H,10,11)(H,16,17)(H,12,13,14,15). The highest BCUT2D eigenvalue weighted by atomic mass is 32.1. The monoisotopic (exact) mass is 268 g/mol. The summed E-state index contributed by atoms with van der Waals surface area (Å²) in [5.41, 5.74) is 0.769. The molecule has 1 unspecified atom stereocenters. The Morgan fingerprint density at radius 1 is 1.67 bits per heavy atom. The molecule has 0 radical (unpaired) electrons. The lowest BCUT2D eigenvalue weighted by Gasteiger charge is -2.07. The van der Waals surface area contributed by atoms with Crippen LogP contribution < -0.4 is 5.32 Å². The van der Waals surface area contributed by atoms with Crippen molar-refractivity contribution in [3.05, 3.63) is 16.9 Å². The molecule has 0 fully saturated rings. The van der Waals surface area contributed by atoms with Crippen LogP contribution in [0.2, 0.25) is 0 Å². The number of H-pyrrole nitrogens is 1. The maximum Gasteiger partial charge on any atom is 0.303 e. The highest BCUT2D eigenvalue weighted by Crippen LogP contribution is 2.20.